The summed E-state index contributed by atoms with van der Waals surface area (Å²) in [5.74, 6) is 1.19. The molecule has 0 saturated carbocycles. The molecule has 2 aromatic rings. The molecule has 0 aromatic heterocycles. The third-order valence-corrected chi connectivity index (χ3v) is 3.43. The Morgan fingerprint density at radius 3 is 2.62 bits per heavy atom. The van der Waals surface area contributed by atoms with Crippen molar-refractivity contribution in [3.05, 3.63) is 66.7 Å². The van der Waals surface area contributed by atoms with Gasteiger partial charge in [-0.25, -0.2) is 0 Å². The van der Waals surface area contributed by atoms with Gasteiger partial charge >= 0.3 is 0 Å². The van der Waals surface area contributed by atoms with Crippen molar-refractivity contribution in [1.82, 2.24) is 0 Å². The quantitative estimate of drug-likeness (QED) is 0.734. The summed E-state index contributed by atoms with van der Waals surface area (Å²) in [6, 6.07) is 14.9. The zero-order chi connectivity index (χ0) is 17.4. The van der Waals surface area contributed by atoms with E-state index in [0.717, 1.165) is 5.56 Å². The predicted octanol–water partition coefficient (Wildman–Crippen LogP) is 4.36. The number of carbonyl (C=O) groups excluding carboxylic acids is 1. The Balaban J connectivity index is 2.00. The van der Waals surface area contributed by atoms with Crippen LogP contribution >= 0.6 is 0 Å². The molecule has 1 atom stereocenters. The van der Waals surface area contributed by atoms with Gasteiger partial charge in [-0.3, -0.25) is 4.79 Å². The van der Waals surface area contributed by atoms with Crippen LogP contribution in [0.15, 0.2) is 61.2 Å². The fraction of sp³-hybridized carbons (Fsp3) is 0.250. The molecule has 0 unspecified atom stereocenters. The Morgan fingerprint density at radius 1 is 1.21 bits per heavy atom. The van der Waals surface area contributed by atoms with Gasteiger partial charge in [0.2, 0.25) is 0 Å². The van der Waals surface area contributed by atoms with Crippen LogP contribution in [0.25, 0.3) is 0 Å². The molecule has 2 rings (SSSR count). The lowest BCUT2D eigenvalue weighted by Gasteiger charge is -2.17. The minimum atomic E-state index is -0.551. The number of rotatable bonds is 8. The van der Waals surface area contributed by atoms with Gasteiger partial charge in [-0.1, -0.05) is 43.3 Å². The molecule has 4 nitrogen and oxygen atoms in total. The summed E-state index contributed by atoms with van der Waals surface area (Å²) in [4.78, 5) is 12.4. The molecule has 0 radical (unpaired) electrons. The van der Waals surface area contributed by atoms with Crippen LogP contribution in [0, 0.1) is 6.92 Å². The van der Waals surface area contributed by atoms with E-state index in [1.165, 1.54) is 0 Å². The summed E-state index contributed by atoms with van der Waals surface area (Å²) in [5.41, 5.74) is 1.82. The zero-order valence-electron chi connectivity index (χ0n) is 14.1. The molecule has 2 aromatic carbocycles. The number of hydrogen-bond donors (Lipinski definition) is 1. The molecule has 4 heteroatoms. The second-order valence-corrected chi connectivity index (χ2v) is 5.44. The van der Waals surface area contributed by atoms with Crippen LogP contribution in [-0.2, 0) is 4.79 Å². The van der Waals surface area contributed by atoms with Crippen LogP contribution in [0.2, 0.25) is 0 Å². The molecule has 0 heterocycles. The van der Waals surface area contributed by atoms with Gasteiger partial charge in [0.05, 0.1) is 0 Å². The fourth-order valence-electron chi connectivity index (χ4n) is 2.14. The van der Waals surface area contributed by atoms with Gasteiger partial charge in [0, 0.05) is 11.8 Å². The second-order valence-electron chi connectivity index (χ2n) is 5.44. The summed E-state index contributed by atoms with van der Waals surface area (Å²) >= 11 is 0. The molecular weight excluding hydrogens is 302 g/mol. The Hall–Kier alpha value is -2.75. The molecule has 0 fully saturated rings. The summed E-state index contributed by atoms with van der Waals surface area (Å²) in [6.45, 7) is 7.96. The third kappa shape index (κ3) is 5.16. The maximum absolute atomic E-state index is 12.4. The van der Waals surface area contributed by atoms with Crippen molar-refractivity contribution in [2.45, 2.75) is 26.4 Å². The molecule has 0 saturated heterocycles. The summed E-state index contributed by atoms with van der Waals surface area (Å²) in [6.07, 6.45) is 1.70. The number of hydrogen-bond acceptors (Lipinski definition) is 3. The fourth-order valence-corrected chi connectivity index (χ4v) is 2.14. The Bertz CT molecular complexity index is 680. The number of nitrogens with one attached hydrogen (secondary N) is 1. The van der Waals surface area contributed by atoms with Crippen molar-refractivity contribution in [2.24, 2.45) is 0 Å². The topological polar surface area (TPSA) is 47.6 Å². The Kier molecular flexibility index (Phi) is 6.43. The van der Waals surface area contributed by atoms with Crippen molar-refractivity contribution >= 4 is 11.6 Å². The van der Waals surface area contributed by atoms with Crippen LogP contribution in [0.3, 0.4) is 0 Å². The lowest BCUT2D eigenvalue weighted by Crippen LogP contribution is -2.32. The number of aryl methyl sites for hydroxylation is 1. The summed E-state index contributed by atoms with van der Waals surface area (Å²) < 4.78 is 11.3. The standard InChI is InChI=1S/C20H23NO3/c1-4-13-23-18-8-6-7-16(14-18)21-20(22)19(5-2)24-17-11-9-15(3)10-12-17/h4,6-12,14,19H,1,5,13H2,2-3H3,(H,21,22)/t19-/m0/s1. The molecule has 0 aliphatic carbocycles. The Labute approximate surface area is 143 Å². The molecule has 24 heavy (non-hydrogen) atoms. The van der Waals surface area contributed by atoms with Gasteiger partial charge in [0.15, 0.2) is 6.10 Å². The van der Waals surface area contributed by atoms with E-state index in [0.29, 0.717) is 30.2 Å². The highest BCUT2D eigenvalue weighted by atomic mass is 16.5. The van der Waals surface area contributed by atoms with Crippen molar-refractivity contribution in [3.8, 4) is 11.5 Å². The van der Waals surface area contributed by atoms with E-state index in [1.54, 1.807) is 12.1 Å². The van der Waals surface area contributed by atoms with Crippen molar-refractivity contribution in [3.63, 3.8) is 0 Å². The molecule has 0 aliphatic rings. The van der Waals surface area contributed by atoms with Crippen LogP contribution in [-0.4, -0.2) is 18.6 Å². The van der Waals surface area contributed by atoms with Crippen LogP contribution in [0.4, 0.5) is 5.69 Å². The third-order valence-electron chi connectivity index (χ3n) is 3.43. The molecule has 1 N–H and O–H groups in total. The highest BCUT2D eigenvalue weighted by Crippen LogP contribution is 2.19. The molecule has 0 aliphatic heterocycles. The lowest BCUT2D eigenvalue weighted by atomic mass is 10.2. The van der Waals surface area contributed by atoms with Crippen LogP contribution in [0.5, 0.6) is 11.5 Å². The lowest BCUT2D eigenvalue weighted by molar-refractivity contribution is -0.122. The van der Waals surface area contributed by atoms with E-state index < -0.39 is 6.10 Å². The van der Waals surface area contributed by atoms with Gasteiger partial charge in [-0.05, 0) is 37.6 Å². The molecular formula is C20H23NO3. The molecule has 0 spiro atoms. The maximum Gasteiger partial charge on any atom is 0.265 e. The van der Waals surface area contributed by atoms with Gasteiger partial charge in [-0.2, -0.15) is 0 Å². The van der Waals surface area contributed by atoms with Crippen LogP contribution < -0.4 is 14.8 Å². The van der Waals surface area contributed by atoms with E-state index in [-0.39, 0.29) is 5.91 Å². The van der Waals surface area contributed by atoms with Gasteiger partial charge in [0.1, 0.15) is 18.1 Å². The number of amides is 1. The minimum Gasteiger partial charge on any atom is -0.489 e. The van der Waals surface area contributed by atoms with E-state index in [4.69, 9.17) is 9.47 Å². The second kappa shape index (κ2) is 8.77. The first-order chi connectivity index (χ1) is 11.6. The van der Waals surface area contributed by atoms with Gasteiger partial charge < -0.3 is 14.8 Å². The first kappa shape index (κ1) is 17.6. The van der Waals surface area contributed by atoms with E-state index in [9.17, 15) is 4.79 Å². The summed E-state index contributed by atoms with van der Waals surface area (Å²) in [7, 11) is 0. The van der Waals surface area contributed by atoms with Crippen molar-refractivity contribution in [2.75, 3.05) is 11.9 Å². The number of ether oxygens (including phenoxy) is 2. The monoisotopic (exact) mass is 325 g/mol. The maximum atomic E-state index is 12.4. The molecule has 1 amide bonds. The smallest absolute Gasteiger partial charge is 0.265 e. The zero-order valence-corrected chi connectivity index (χ0v) is 14.1. The van der Waals surface area contributed by atoms with E-state index in [2.05, 4.69) is 11.9 Å². The number of anilines is 1. The van der Waals surface area contributed by atoms with Gasteiger partial charge in [-0.15, -0.1) is 0 Å². The van der Waals surface area contributed by atoms with E-state index >= 15 is 0 Å². The number of benzene rings is 2. The van der Waals surface area contributed by atoms with Gasteiger partial charge in [0.25, 0.3) is 5.91 Å². The average Bonchev–Trinajstić information content (AvgIpc) is 2.59. The van der Waals surface area contributed by atoms with Crippen LogP contribution in [0.1, 0.15) is 18.9 Å². The first-order valence-electron chi connectivity index (χ1n) is 8.00. The van der Waals surface area contributed by atoms with E-state index in [1.807, 2.05) is 56.3 Å². The largest absolute Gasteiger partial charge is 0.489 e. The number of carbonyl (C=O) groups is 1. The Morgan fingerprint density at radius 2 is 1.96 bits per heavy atom. The SMILES string of the molecule is C=CCOc1cccc(NC(=O)[C@H](CC)Oc2ccc(C)cc2)c1. The minimum absolute atomic E-state index is 0.182. The highest BCUT2D eigenvalue weighted by Gasteiger charge is 2.18. The first-order valence-corrected chi connectivity index (χ1v) is 8.00. The summed E-state index contributed by atoms with van der Waals surface area (Å²) in [5, 5.41) is 2.87. The average molecular weight is 325 g/mol. The molecule has 126 valence electrons. The molecule has 0 bridgehead atoms. The highest BCUT2D eigenvalue weighted by molar-refractivity contribution is 5.94. The van der Waals surface area contributed by atoms with Crippen molar-refractivity contribution in [1.29, 1.82) is 0 Å². The normalized spacial score (nSPS) is 11.4. The predicted molar refractivity (Wildman–Crippen MR) is 96.6 cm³/mol. The van der Waals surface area contributed by atoms with Crippen molar-refractivity contribution < 1.29 is 14.3 Å².